The van der Waals surface area contributed by atoms with Crippen LogP contribution in [-0.4, -0.2) is 17.0 Å². The molecule has 1 aliphatic rings. The number of hydrogen-bond acceptors (Lipinski definition) is 2. The molecule has 1 saturated carbocycles. The van der Waals surface area contributed by atoms with Gasteiger partial charge in [-0.25, -0.2) is 0 Å². The Labute approximate surface area is 80.5 Å². The lowest BCUT2D eigenvalue weighted by Crippen LogP contribution is -2.51. The van der Waals surface area contributed by atoms with Crippen LogP contribution in [0.25, 0.3) is 0 Å². The second-order valence-corrected chi connectivity index (χ2v) is 6.32. The number of thioether (sulfide) groups is 1. The van der Waals surface area contributed by atoms with E-state index in [1.54, 1.807) is 0 Å². The van der Waals surface area contributed by atoms with Crippen molar-refractivity contribution in [2.75, 3.05) is 12.3 Å². The molecule has 0 saturated heterocycles. The molecule has 0 aromatic rings. The molecule has 1 fully saturated rings. The van der Waals surface area contributed by atoms with Crippen molar-refractivity contribution in [1.29, 1.82) is 0 Å². The lowest BCUT2D eigenvalue weighted by atomic mass is 9.64. The van der Waals surface area contributed by atoms with E-state index in [9.17, 15) is 0 Å². The highest BCUT2D eigenvalue weighted by Crippen LogP contribution is 2.54. The lowest BCUT2D eigenvalue weighted by Gasteiger charge is -2.52. The van der Waals surface area contributed by atoms with E-state index >= 15 is 0 Å². The maximum atomic E-state index is 5.81. The molecule has 12 heavy (non-hydrogen) atoms. The first kappa shape index (κ1) is 10.4. The molecule has 0 aliphatic heterocycles. The van der Waals surface area contributed by atoms with Gasteiger partial charge in [0.2, 0.25) is 0 Å². The Balaban J connectivity index is 2.36. The summed E-state index contributed by atoms with van der Waals surface area (Å²) in [5.74, 6) is 1.27. The maximum Gasteiger partial charge on any atom is 0.0292 e. The number of hydrogen-bond donors (Lipinski definition) is 1. The molecule has 1 aliphatic carbocycles. The molecule has 72 valence electrons. The van der Waals surface area contributed by atoms with Gasteiger partial charge in [-0.1, -0.05) is 20.8 Å². The summed E-state index contributed by atoms with van der Waals surface area (Å²) in [7, 11) is 0. The first-order chi connectivity index (χ1) is 5.54. The van der Waals surface area contributed by atoms with Crippen LogP contribution in [-0.2, 0) is 0 Å². The maximum absolute atomic E-state index is 5.81. The summed E-state index contributed by atoms with van der Waals surface area (Å²) in [6, 6.07) is 0. The van der Waals surface area contributed by atoms with E-state index in [1.165, 1.54) is 25.0 Å². The third kappa shape index (κ3) is 2.17. The molecule has 0 atom stereocenters. The van der Waals surface area contributed by atoms with Gasteiger partial charge >= 0.3 is 0 Å². The normalized spacial score (nSPS) is 25.0. The molecule has 0 amide bonds. The summed E-state index contributed by atoms with van der Waals surface area (Å²) in [4.78, 5) is 0. The van der Waals surface area contributed by atoms with Crippen LogP contribution in [0.4, 0.5) is 0 Å². The SMILES string of the molecule is CCCSC1(CN)CC(C)(C)C1. The van der Waals surface area contributed by atoms with Crippen molar-refractivity contribution >= 4 is 11.8 Å². The fourth-order valence-electron chi connectivity index (χ4n) is 2.32. The van der Waals surface area contributed by atoms with Crippen LogP contribution in [0.1, 0.15) is 40.0 Å². The summed E-state index contributed by atoms with van der Waals surface area (Å²) >= 11 is 2.09. The van der Waals surface area contributed by atoms with E-state index in [-0.39, 0.29) is 0 Å². The molecule has 1 nitrogen and oxygen atoms in total. The largest absolute Gasteiger partial charge is 0.329 e. The highest BCUT2D eigenvalue weighted by atomic mass is 32.2. The van der Waals surface area contributed by atoms with E-state index in [1.807, 2.05) is 0 Å². The van der Waals surface area contributed by atoms with Gasteiger partial charge in [-0.3, -0.25) is 0 Å². The summed E-state index contributed by atoms with van der Waals surface area (Å²) in [5, 5.41) is 0. The highest BCUT2D eigenvalue weighted by molar-refractivity contribution is 8.00. The molecule has 0 unspecified atom stereocenters. The standard InChI is InChI=1S/C10H21NS/c1-4-5-12-10(8-11)6-9(2,3)7-10/h4-8,11H2,1-3H3. The molecule has 0 spiro atoms. The van der Waals surface area contributed by atoms with E-state index in [0.717, 1.165) is 6.54 Å². The molecule has 1 rings (SSSR count). The van der Waals surface area contributed by atoms with Crippen LogP contribution in [0.2, 0.25) is 0 Å². The van der Waals surface area contributed by atoms with Gasteiger partial charge in [-0.2, -0.15) is 11.8 Å². The molecule has 0 aromatic heterocycles. The van der Waals surface area contributed by atoms with Crippen molar-refractivity contribution in [3.8, 4) is 0 Å². The van der Waals surface area contributed by atoms with E-state index in [4.69, 9.17) is 5.73 Å². The van der Waals surface area contributed by atoms with Gasteiger partial charge in [-0.05, 0) is 30.4 Å². The highest BCUT2D eigenvalue weighted by Gasteiger charge is 2.48. The Bertz CT molecular complexity index is 146. The van der Waals surface area contributed by atoms with Crippen LogP contribution < -0.4 is 5.73 Å². The molecule has 0 heterocycles. The van der Waals surface area contributed by atoms with Gasteiger partial charge in [0.05, 0.1) is 0 Å². The predicted octanol–water partition coefficient (Wildman–Crippen LogP) is 2.65. The Kier molecular flexibility index (Phi) is 3.11. The molecule has 0 aromatic carbocycles. The Morgan fingerprint density at radius 2 is 1.92 bits per heavy atom. The minimum absolute atomic E-state index is 0.444. The minimum atomic E-state index is 0.444. The molecular formula is C10H21NS. The molecule has 0 bridgehead atoms. The van der Waals surface area contributed by atoms with Crippen molar-refractivity contribution in [2.24, 2.45) is 11.1 Å². The third-order valence-electron chi connectivity index (χ3n) is 2.59. The lowest BCUT2D eigenvalue weighted by molar-refractivity contribution is 0.132. The fourth-order valence-corrected chi connectivity index (χ4v) is 4.06. The third-order valence-corrected chi connectivity index (χ3v) is 4.27. The number of rotatable bonds is 4. The molecule has 0 radical (unpaired) electrons. The topological polar surface area (TPSA) is 26.0 Å². The number of nitrogens with two attached hydrogens (primary N) is 1. The zero-order chi connectivity index (χ0) is 9.24. The van der Waals surface area contributed by atoms with Gasteiger partial charge in [0.1, 0.15) is 0 Å². The summed E-state index contributed by atoms with van der Waals surface area (Å²) in [6.45, 7) is 7.78. The average Bonchev–Trinajstić information content (AvgIpc) is 1.96. The first-order valence-corrected chi connectivity index (χ1v) is 5.86. The Morgan fingerprint density at radius 3 is 2.25 bits per heavy atom. The van der Waals surface area contributed by atoms with Crippen LogP contribution in [0.5, 0.6) is 0 Å². The monoisotopic (exact) mass is 187 g/mol. The summed E-state index contributed by atoms with van der Waals surface area (Å²) in [6.07, 6.45) is 3.88. The van der Waals surface area contributed by atoms with Crippen LogP contribution in [0.15, 0.2) is 0 Å². The van der Waals surface area contributed by atoms with E-state index in [0.29, 0.717) is 10.2 Å². The van der Waals surface area contributed by atoms with Crippen LogP contribution >= 0.6 is 11.8 Å². The molecule has 2 N–H and O–H groups in total. The van der Waals surface area contributed by atoms with E-state index in [2.05, 4.69) is 32.5 Å². The van der Waals surface area contributed by atoms with Crippen molar-refractivity contribution in [3.63, 3.8) is 0 Å². The van der Waals surface area contributed by atoms with Crippen molar-refractivity contribution < 1.29 is 0 Å². The van der Waals surface area contributed by atoms with Gasteiger partial charge in [-0.15, -0.1) is 0 Å². The van der Waals surface area contributed by atoms with Crippen LogP contribution in [0.3, 0.4) is 0 Å². The minimum Gasteiger partial charge on any atom is -0.329 e. The van der Waals surface area contributed by atoms with E-state index < -0.39 is 0 Å². The second kappa shape index (κ2) is 3.59. The van der Waals surface area contributed by atoms with Crippen molar-refractivity contribution in [1.82, 2.24) is 0 Å². The average molecular weight is 187 g/mol. The Hall–Kier alpha value is 0.310. The predicted molar refractivity (Wildman–Crippen MR) is 57.5 cm³/mol. The van der Waals surface area contributed by atoms with Gasteiger partial charge < -0.3 is 5.73 Å². The zero-order valence-corrected chi connectivity index (χ0v) is 9.34. The second-order valence-electron chi connectivity index (χ2n) is 4.75. The van der Waals surface area contributed by atoms with Gasteiger partial charge in [0.25, 0.3) is 0 Å². The molecule has 2 heteroatoms. The van der Waals surface area contributed by atoms with Gasteiger partial charge in [0.15, 0.2) is 0 Å². The summed E-state index contributed by atoms with van der Waals surface area (Å²) < 4.78 is 0.444. The van der Waals surface area contributed by atoms with Crippen molar-refractivity contribution in [3.05, 3.63) is 0 Å². The smallest absolute Gasteiger partial charge is 0.0292 e. The fraction of sp³-hybridized carbons (Fsp3) is 1.00. The first-order valence-electron chi connectivity index (χ1n) is 4.88. The Morgan fingerprint density at radius 1 is 1.33 bits per heavy atom. The van der Waals surface area contributed by atoms with Gasteiger partial charge in [0, 0.05) is 11.3 Å². The molecular weight excluding hydrogens is 166 g/mol. The zero-order valence-electron chi connectivity index (χ0n) is 8.52. The van der Waals surface area contributed by atoms with Crippen LogP contribution in [0, 0.1) is 5.41 Å². The quantitative estimate of drug-likeness (QED) is 0.732. The van der Waals surface area contributed by atoms with Crippen molar-refractivity contribution in [2.45, 2.75) is 44.8 Å². The summed E-state index contributed by atoms with van der Waals surface area (Å²) in [5.41, 5.74) is 6.37.